The zero-order valence-electron chi connectivity index (χ0n) is 15.1. The first-order valence-corrected chi connectivity index (χ1v) is 9.61. The van der Waals surface area contributed by atoms with Gasteiger partial charge in [-0.15, -0.1) is 0 Å². The van der Waals surface area contributed by atoms with Crippen LogP contribution in [0.2, 0.25) is 5.02 Å². The van der Waals surface area contributed by atoms with Crippen LogP contribution in [0.4, 0.5) is 4.39 Å². The van der Waals surface area contributed by atoms with Gasteiger partial charge >= 0.3 is 5.97 Å². The molecule has 1 heterocycles. The second-order valence-corrected chi connectivity index (χ2v) is 7.80. The van der Waals surface area contributed by atoms with Crippen LogP contribution in [0.1, 0.15) is 42.5 Å². The van der Waals surface area contributed by atoms with Crippen LogP contribution in [-0.2, 0) is 17.8 Å². The zero-order valence-corrected chi connectivity index (χ0v) is 15.8. The summed E-state index contributed by atoms with van der Waals surface area (Å²) in [6.07, 6.45) is 2.61. The minimum atomic E-state index is -0.790. The Balaban J connectivity index is 1.91. The van der Waals surface area contributed by atoms with Crippen molar-refractivity contribution in [3.8, 4) is 0 Å². The molecule has 0 saturated carbocycles. The van der Waals surface area contributed by atoms with Crippen LogP contribution in [0.15, 0.2) is 42.5 Å². The monoisotopic (exact) mass is 385 g/mol. The summed E-state index contributed by atoms with van der Waals surface area (Å²) in [5, 5.41) is 11.2. The van der Waals surface area contributed by atoms with Crippen LogP contribution in [0.5, 0.6) is 0 Å². The molecule has 0 fully saturated rings. The predicted octanol–water partition coefficient (Wildman–Crippen LogP) is 5.62. The van der Waals surface area contributed by atoms with Gasteiger partial charge in [0.1, 0.15) is 5.82 Å². The highest BCUT2D eigenvalue weighted by atomic mass is 35.5. The van der Waals surface area contributed by atoms with E-state index in [1.165, 1.54) is 6.07 Å². The molecule has 1 aliphatic rings. The van der Waals surface area contributed by atoms with Crippen molar-refractivity contribution in [2.45, 2.75) is 38.6 Å². The molecule has 2 aromatic carbocycles. The fourth-order valence-corrected chi connectivity index (χ4v) is 4.47. The third-order valence-corrected chi connectivity index (χ3v) is 5.97. The third-order valence-electron chi connectivity index (χ3n) is 5.71. The topological polar surface area (TPSA) is 42.2 Å². The summed E-state index contributed by atoms with van der Waals surface area (Å²) < 4.78 is 16.1. The number of hydrogen-bond acceptors (Lipinski definition) is 1. The average Bonchev–Trinajstić information content (AvgIpc) is 2.96. The maximum Gasteiger partial charge on any atom is 0.306 e. The Morgan fingerprint density at radius 1 is 1.30 bits per heavy atom. The number of benzene rings is 2. The van der Waals surface area contributed by atoms with Crippen molar-refractivity contribution >= 4 is 28.5 Å². The predicted molar refractivity (Wildman–Crippen MR) is 105 cm³/mol. The lowest BCUT2D eigenvalue weighted by atomic mass is 9.79. The van der Waals surface area contributed by atoms with E-state index in [0.717, 1.165) is 47.0 Å². The van der Waals surface area contributed by atoms with Gasteiger partial charge in [0.2, 0.25) is 0 Å². The van der Waals surface area contributed by atoms with E-state index in [4.69, 9.17) is 11.6 Å². The molecule has 2 unspecified atom stereocenters. The molecule has 1 aliphatic carbocycles. The van der Waals surface area contributed by atoms with E-state index in [0.29, 0.717) is 11.6 Å². The van der Waals surface area contributed by atoms with Gasteiger partial charge in [0.25, 0.3) is 0 Å². The molecule has 0 saturated heterocycles. The van der Waals surface area contributed by atoms with Crippen molar-refractivity contribution < 1.29 is 14.3 Å². The highest BCUT2D eigenvalue weighted by Crippen LogP contribution is 2.42. The molecule has 0 amide bonds. The van der Waals surface area contributed by atoms with Gasteiger partial charge in [-0.2, -0.15) is 0 Å². The molecule has 5 heteroatoms. The molecule has 0 radical (unpaired) electrons. The van der Waals surface area contributed by atoms with Crippen molar-refractivity contribution in [2.75, 3.05) is 0 Å². The molecular formula is C22H21ClFNO2. The van der Waals surface area contributed by atoms with E-state index >= 15 is 0 Å². The van der Waals surface area contributed by atoms with Crippen molar-refractivity contribution in [3.05, 3.63) is 70.1 Å². The van der Waals surface area contributed by atoms with Crippen LogP contribution in [0, 0.1) is 11.7 Å². The Bertz CT molecular complexity index is 1010. The largest absolute Gasteiger partial charge is 0.481 e. The van der Waals surface area contributed by atoms with Crippen molar-refractivity contribution in [3.63, 3.8) is 0 Å². The minimum Gasteiger partial charge on any atom is -0.481 e. The number of halogens is 2. The normalized spacial score (nSPS) is 17.7. The Morgan fingerprint density at radius 3 is 2.74 bits per heavy atom. The van der Waals surface area contributed by atoms with Gasteiger partial charge in [0.05, 0.1) is 5.92 Å². The van der Waals surface area contributed by atoms with Crippen LogP contribution >= 0.6 is 11.6 Å². The number of hydrogen-bond donors (Lipinski definition) is 1. The number of aliphatic carboxylic acids is 1. The summed E-state index contributed by atoms with van der Waals surface area (Å²) in [5.74, 6) is -1.61. The number of carboxylic acid groups (broad SMARTS) is 1. The summed E-state index contributed by atoms with van der Waals surface area (Å²) in [6, 6.07) is 12.5. The summed E-state index contributed by atoms with van der Waals surface area (Å²) >= 11 is 6.01. The van der Waals surface area contributed by atoms with Crippen LogP contribution in [0.25, 0.3) is 10.9 Å². The molecule has 27 heavy (non-hydrogen) atoms. The van der Waals surface area contributed by atoms with Crippen molar-refractivity contribution in [1.29, 1.82) is 0 Å². The summed E-state index contributed by atoms with van der Waals surface area (Å²) in [7, 11) is 0. The first-order valence-electron chi connectivity index (χ1n) is 9.23. The maximum atomic E-state index is 14.0. The molecule has 2 atom stereocenters. The molecule has 140 valence electrons. The second kappa shape index (κ2) is 7.01. The van der Waals surface area contributed by atoms with E-state index in [1.54, 1.807) is 19.1 Å². The van der Waals surface area contributed by atoms with Gasteiger partial charge in [-0.25, -0.2) is 4.39 Å². The Kier molecular flexibility index (Phi) is 4.68. The SMILES string of the molecule is CC(C(=O)O)C1CCCc2c1n(Cc1ccc(Cl)cc1)c1ccc(F)cc21. The molecular weight excluding hydrogens is 365 g/mol. The standard InChI is InChI=1S/C22H21ClFNO2/c1-13(22(26)27)17-3-2-4-18-19-11-16(24)9-10-20(19)25(21(17)18)12-14-5-7-15(23)8-6-14/h5-11,13,17H,2-4,12H2,1H3,(H,26,27). The molecule has 1 aromatic heterocycles. The fourth-order valence-electron chi connectivity index (χ4n) is 4.34. The molecule has 1 N–H and O–H groups in total. The van der Waals surface area contributed by atoms with Crippen LogP contribution in [0.3, 0.4) is 0 Å². The Hall–Kier alpha value is -2.33. The first-order chi connectivity index (χ1) is 13.0. The molecule has 0 bridgehead atoms. The average molecular weight is 386 g/mol. The molecule has 3 nitrogen and oxygen atoms in total. The van der Waals surface area contributed by atoms with Gasteiger partial charge in [-0.3, -0.25) is 4.79 Å². The molecule has 3 aromatic rings. The van der Waals surface area contributed by atoms with E-state index in [-0.39, 0.29) is 11.7 Å². The van der Waals surface area contributed by atoms with Crippen LogP contribution < -0.4 is 0 Å². The Labute approximate surface area is 162 Å². The highest BCUT2D eigenvalue weighted by Gasteiger charge is 2.34. The fraction of sp³-hybridized carbons (Fsp3) is 0.318. The summed E-state index contributed by atoms with van der Waals surface area (Å²) in [5.41, 5.74) is 4.19. The van der Waals surface area contributed by atoms with Crippen molar-refractivity contribution in [2.24, 2.45) is 5.92 Å². The van der Waals surface area contributed by atoms with Gasteiger partial charge in [0, 0.05) is 34.1 Å². The molecule has 0 spiro atoms. The number of aromatic nitrogens is 1. The van der Waals surface area contributed by atoms with Gasteiger partial charge < -0.3 is 9.67 Å². The Morgan fingerprint density at radius 2 is 2.04 bits per heavy atom. The van der Waals surface area contributed by atoms with E-state index < -0.39 is 11.9 Å². The maximum absolute atomic E-state index is 14.0. The second-order valence-electron chi connectivity index (χ2n) is 7.36. The van der Waals surface area contributed by atoms with Gasteiger partial charge in [-0.05, 0) is 60.7 Å². The molecule has 4 rings (SSSR count). The lowest BCUT2D eigenvalue weighted by Gasteiger charge is -2.28. The van der Waals surface area contributed by atoms with Gasteiger partial charge in [0.15, 0.2) is 0 Å². The quantitative estimate of drug-likeness (QED) is 0.633. The first kappa shape index (κ1) is 18.1. The lowest BCUT2D eigenvalue weighted by molar-refractivity contribution is -0.142. The summed E-state index contributed by atoms with van der Waals surface area (Å²) in [4.78, 5) is 11.7. The third kappa shape index (κ3) is 3.23. The van der Waals surface area contributed by atoms with E-state index in [2.05, 4.69) is 4.57 Å². The highest BCUT2D eigenvalue weighted by molar-refractivity contribution is 6.30. The van der Waals surface area contributed by atoms with E-state index in [1.807, 2.05) is 24.3 Å². The van der Waals surface area contributed by atoms with Crippen molar-refractivity contribution in [1.82, 2.24) is 4.57 Å². The van der Waals surface area contributed by atoms with Crippen LogP contribution in [-0.4, -0.2) is 15.6 Å². The summed E-state index contributed by atoms with van der Waals surface area (Å²) in [6.45, 7) is 2.38. The van der Waals surface area contributed by atoms with Gasteiger partial charge in [-0.1, -0.05) is 30.7 Å². The smallest absolute Gasteiger partial charge is 0.306 e. The number of nitrogens with zero attached hydrogens (tertiary/aromatic N) is 1. The minimum absolute atomic E-state index is 0.0750. The number of carbonyl (C=O) groups is 1. The molecule has 0 aliphatic heterocycles. The lowest BCUT2D eigenvalue weighted by Crippen LogP contribution is -2.25. The number of carboxylic acids is 1. The zero-order chi connectivity index (χ0) is 19.1. The number of rotatable bonds is 4. The van der Waals surface area contributed by atoms with E-state index in [9.17, 15) is 14.3 Å². The number of fused-ring (bicyclic) bond motifs is 3. The number of aryl methyl sites for hydroxylation is 1.